The molecule has 0 spiro atoms. The van der Waals surface area contributed by atoms with Crippen LogP contribution in [0.2, 0.25) is 0 Å². The Hall–Kier alpha value is -3.95. The third-order valence-corrected chi connectivity index (χ3v) is 7.11. The van der Waals surface area contributed by atoms with E-state index in [4.69, 9.17) is 20.4 Å². The molecule has 0 aliphatic carbocycles. The summed E-state index contributed by atoms with van der Waals surface area (Å²) in [5, 5.41) is 11.9. The van der Waals surface area contributed by atoms with E-state index in [0.717, 1.165) is 54.0 Å². The summed E-state index contributed by atoms with van der Waals surface area (Å²) in [6.45, 7) is 4.15. The van der Waals surface area contributed by atoms with Crippen LogP contribution in [0.1, 0.15) is 28.2 Å². The number of hydrogen-bond acceptors (Lipinski definition) is 5. The van der Waals surface area contributed by atoms with E-state index in [2.05, 4.69) is 48.0 Å². The van der Waals surface area contributed by atoms with Gasteiger partial charge in [0.2, 0.25) is 5.88 Å². The number of hydrogen-bond donors (Lipinski definition) is 1. The molecule has 1 aliphatic rings. The SMILES string of the molecule is Cc1cc2nc3c4c(c5ccccc5c3nc2cc1C)OC(N)=C(C#N)C4c1ccc(Br)cc1. The number of aromatic nitrogens is 2. The average molecular weight is 507 g/mol. The molecule has 1 atom stereocenters. The molecule has 0 radical (unpaired) electrons. The molecular formula is C28H19BrN4O. The van der Waals surface area contributed by atoms with Crippen molar-refractivity contribution in [3.63, 3.8) is 0 Å². The predicted octanol–water partition coefficient (Wildman–Crippen LogP) is 6.53. The second-order valence-electron chi connectivity index (χ2n) is 8.61. The number of ether oxygens (including phenoxy) is 1. The maximum absolute atomic E-state index is 10.1. The highest BCUT2D eigenvalue weighted by molar-refractivity contribution is 9.10. The highest BCUT2D eigenvalue weighted by Crippen LogP contribution is 2.49. The maximum atomic E-state index is 10.1. The fraction of sp³-hybridized carbons (Fsp3) is 0.107. The van der Waals surface area contributed by atoms with Gasteiger partial charge in [0.15, 0.2) is 0 Å². The molecule has 6 heteroatoms. The summed E-state index contributed by atoms with van der Waals surface area (Å²) in [5.74, 6) is 0.324. The van der Waals surface area contributed by atoms with E-state index in [-0.39, 0.29) is 5.88 Å². The van der Waals surface area contributed by atoms with E-state index in [0.29, 0.717) is 11.3 Å². The zero-order valence-electron chi connectivity index (χ0n) is 18.6. The average Bonchev–Trinajstić information content (AvgIpc) is 2.84. The quantitative estimate of drug-likeness (QED) is 0.206. The molecule has 6 rings (SSSR count). The number of nitrogens with two attached hydrogens (primary N) is 1. The molecule has 0 bridgehead atoms. The number of benzene rings is 4. The first-order chi connectivity index (χ1) is 16.5. The summed E-state index contributed by atoms with van der Waals surface area (Å²) in [4.78, 5) is 10.2. The van der Waals surface area contributed by atoms with Gasteiger partial charge in [0.05, 0.1) is 28.0 Å². The number of halogens is 1. The van der Waals surface area contributed by atoms with Gasteiger partial charge >= 0.3 is 0 Å². The van der Waals surface area contributed by atoms with Gasteiger partial charge in [0.1, 0.15) is 17.4 Å². The minimum absolute atomic E-state index is 0.118. The first kappa shape index (κ1) is 20.6. The molecule has 5 nitrogen and oxygen atoms in total. The standard InChI is InChI=1S/C28H19BrN4O/c1-14-11-21-22(12-15(14)2)33-26-24-23(16-7-9-17(29)10-8-16)20(13-30)28(31)34-27(24)19-6-4-3-5-18(19)25(26)32-21/h3-12,23H,31H2,1-2H3. The molecule has 1 unspecified atom stereocenters. The summed E-state index contributed by atoms with van der Waals surface area (Å²) in [5.41, 5.74) is 13.9. The molecule has 0 fully saturated rings. The van der Waals surface area contributed by atoms with Gasteiger partial charge in [-0.3, -0.25) is 0 Å². The van der Waals surface area contributed by atoms with Crippen molar-refractivity contribution in [2.45, 2.75) is 19.8 Å². The van der Waals surface area contributed by atoms with Crippen molar-refractivity contribution in [2.24, 2.45) is 5.73 Å². The van der Waals surface area contributed by atoms with Crippen molar-refractivity contribution in [1.82, 2.24) is 9.97 Å². The monoisotopic (exact) mass is 506 g/mol. The zero-order valence-corrected chi connectivity index (χ0v) is 20.1. The number of nitriles is 1. The van der Waals surface area contributed by atoms with Crippen molar-refractivity contribution in [3.05, 3.63) is 98.8 Å². The zero-order chi connectivity index (χ0) is 23.6. The first-order valence-electron chi connectivity index (χ1n) is 10.9. The van der Waals surface area contributed by atoms with E-state index in [1.807, 2.05) is 48.5 Å². The van der Waals surface area contributed by atoms with E-state index in [1.165, 1.54) is 5.56 Å². The summed E-state index contributed by atoms with van der Waals surface area (Å²) in [6, 6.07) is 22.3. The van der Waals surface area contributed by atoms with Crippen LogP contribution >= 0.6 is 15.9 Å². The fourth-order valence-corrected chi connectivity index (χ4v) is 5.03. The van der Waals surface area contributed by atoms with Gasteiger partial charge in [-0.1, -0.05) is 52.3 Å². The maximum Gasteiger partial charge on any atom is 0.205 e. The number of fused-ring (bicyclic) bond motifs is 7. The Morgan fingerprint density at radius 1 is 0.912 bits per heavy atom. The van der Waals surface area contributed by atoms with Crippen LogP contribution in [0.25, 0.3) is 32.8 Å². The van der Waals surface area contributed by atoms with Crippen molar-refractivity contribution < 1.29 is 4.74 Å². The van der Waals surface area contributed by atoms with Gasteiger partial charge in [-0.15, -0.1) is 0 Å². The van der Waals surface area contributed by atoms with Crippen molar-refractivity contribution in [1.29, 1.82) is 5.26 Å². The molecule has 0 amide bonds. The third-order valence-electron chi connectivity index (χ3n) is 6.58. The van der Waals surface area contributed by atoms with Crippen LogP contribution in [0.15, 0.2) is 76.6 Å². The van der Waals surface area contributed by atoms with Crippen LogP contribution in [0, 0.1) is 25.2 Å². The number of aryl methyl sites for hydroxylation is 2. The lowest BCUT2D eigenvalue weighted by molar-refractivity contribution is 0.399. The lowest BCUT2D eigenvalue weighted by atomic mass is 9.81. The van der Waals surface area contributed by atoms with Gasteiger partial charge < -0.3 is 10.5 Å². The van der Waals surface area contributed by atoms with Crippen LogP contribution in [0.3, 0.4) is 0 Å². The molecule has 34 heavy (non-hydrogen) atoms. The molecule has 4 aromatic carbocycles. The van der Waals surface area contributed by atoms with Crippen LogP contribution in [-0.2, 0) is 0 Å². The van der Waals surface area contributed by atoms with Gasteiger partial charge in [-0.05, 0) is 54.8 Å². The van der Waals surface area contributed by atoms with E-state index in [1.54, 1.807) is 0 Å². The summed E-state index contributed by atoms with van der Waals surface area (Å²) < 4.78 is 7.10. The van der Waals surface area contributed by atoms with Crippen LogP contribution < -0.4 is 10.5 Å². The largest absolute Gasteiger partial charge is 0.439 e. The molecule has 0 saturated heterocycles. The molecule has 1 aliphatic heterocycles. The fourth-order valence-electron chi connectivity index (χ4n) is 4.76. The van der Waals surface area contributed by atoms with Gasteiger partial charge in [0.25, 0.3) is 0 Å². The van der Waals surface area contributed by atoms with Gasteiger partial charge in [-0.25, -0.2) is 9.97 Å². The van der Waals surface area contributed by atoms with E-state index < -0.39 is 5.92 Å². The molecule has 164 valence electrons. The van der Waals surface area contributed by atoms with Gasteiger partial charge in [0, 0.05) is 20.8 Å². The lowest BCUT2D eigenvalue weighted by Crippen LogP contribution is -2.22. The predicted molar refractivity (Wildman–Crippen MR) is 137 cm³/mol. The van der Waals surface area contributed by atoms with E-state index >= 15 is 0 Å². The topological polar surface area (TPSA) is 84.8 Å². The van der Waals surface area contributed by atoms with Crippen molar-refractivity contribution in [2.75, 3.05) is 0 Å². The Kier molecular flexibility index (Phi) is 4.58. The molecule has 2 N–H and O–H groups in total. The first-order valence-corrected chi connectivity index (χ1v) is 11.7. The Balaban J connectivity index is 1.81. The number of rotatable bonds is 1. The Labute approximate surface area is 204 Å². The second kappa shape index (κ2) is 7.54. The Morgan fingerprint density at radius 3 is 2.18 bits per heavy atom. The molecule has 2 heterocycles. The summed E-state index contributed by atoms with van der Waals surface area (Å²) in [7, 11) is 0. The van der Waals surface area contributed by atoms with Crippen molar-refractivity contribution >= 4 is 48.8 Å². The smallest absolute Gasteiger partial charge is 0.205 e. The van der Waals surface area contributed by atoms with Gasteiger partial charge in [-0.2, -0.15) is 5.26 Å². The second-order valence-corrected chi connectivity index (χ2v) is 9.53. The summed E-state index contributed by atoms with van der Waals surface area (Å²) >= 11 is 3.51. The van der Waals surface area contributed by atoms with Crippen LogP contribution in [0.4, 0.5) is 0 Å². The van der Waals surface area contributed by atoms with Crippen LogP contribution in [-0.4, -0.2) is 9.97 Å². The highest BCUT2D eigenvalue weighted by Gasteiger charge is 2.35. The third kappa shape index (κ3) is 2.98. The lowest BCUT2D eigenvalue weighted by Gasteiger charge is -2.28. The summed E-state index contributed by atoms with van der Waals surface area (Å²) in [6.07, 6.45) is 0. The molecule has 1 aromatic heterocycles. The normalized spacial score (nSPS) is 15.4. The van der Waals surface area contributed by atoms with E-state index in [9.17, 15) is 5.26 Å². The number of nitrogens with zero attached hydrogens (tertiary/aromatic N) is 3. The highest BCUT2D eigenvalue weighted by atomic mass is 79.9. The van der Waals surface area contributed by atoms with Crippen LogP contribution in [0.5, 0.6) is 5.75 Å². The minimum atomic E-state index is -0.424. The molecular weight excluding hydrogens is 488 g/mol. The van der Waals surface area contributed by atoms with Crippen molar-refractivity contribution in [3.8, 4) is 11.8 Å². The number of allylic oxidation sites excluding steroid dienone is 1. The Morgan fingerprint density at radius 2 is 1.53 bits per heavy atom. The minimum Gasteiger partial charge on any atom is -0.439 e. The Bertz CT molecular complexity index is 1730. The molecule has 0 saturated carbocycles. The molecule has 5 aromatic rings.